The molecule has 2 heterocycles. The van der Waals surface area contributed by atoms with Crippen LogP contribution in [0.4, 0.5) is 4.79 Å². The van der Waals surface area contributed by atoms with Crippen molar-refractivity contribution in [2.45, 2.75) is 6.54 Å². The van der Waals surface area contributed by atoms with Crippen molar-refractivity contribution in [1.82, 2.24) is 4.57 Å². The van der Waals surface area contributed by atoms with Crippen LogP contribution in [0.15, 0.2) is 65.5 Å². The van der Waals surface area contributed by atoms with Crippen LogP contribution in [-0.4, -0.2) is 15.8 Å². The van der Waals surface area contributed by atoms with Crippen molar-refractivity contribution in [2.75, 3.05) is 0 Å². The molecule has 0 fully saturated rings. The van der Waals surface area contributed by atoms with Crippen molar-refractivity contribution in [3.63, 3.8) is 0 Å². The average molecular weight is 319 g/mol. The number of fused-ring (bicyclic) bond motifs is 3. The molecule has 3 aromatic rings. The maximum Gasteiger partial charge on any atom is 0.511 e. The fourth-order valence-electron chi connectivity index (χ4n) is 3.13. The molecule has 1 aliphatic rings. The molecule has 1 aliphatic heterocycles. The van der Waals surface area contributed by atoms with Crippen molar-refractivity contribution in [3.8, 4) is 28.1 Å². The van der Waals surface area contributed by atoms with Gasteiger partial charge in [0.25, 0.3) is 5.56 Å². The van der Waals surface area contributed by atoms with Crippen molar-refractivity contribution in [3.05, 3.63) is 76.6 Å². The smallest absolute Gasteiger partial charge is 0.449 e. The number of nitrogens with zero attached hydrogens (tertiary/aromatic N) is 1. The molecule has 5 heteroatoms. The second-order valence-electron chi connectivity index (χ2n) is 5.55. The van der Waals surface area contributed by atoms with Gasteiger partial charge in [0.05, 0.1) is 17.8 Å². The third-order valence-corrected chi connectivity index (χ3v) is 4.14. The number of carbonyl (C=O) groups is 1. The van der Waals surface area contributed by atoms with Gasteiger partial charge in [-0.2, -0.15) is 0 Å². The minimum absolute atomic E-state index is 0.162. The van der Waals surface area contributed by atoms with Crippen LogP contribution in [0, 0.1) is 0 Å². The molecular weight excluding hydrogens is 306 g/mol. The Kier molecular flexibility index (Phi) is 3.20. The summed E-state index contributed by atoms with van der Waals surface area (Å²) in [5, 5.41) is 9.07. The van der Waals surface area contributed by atoms with Gasteiger partial charge in [-0.05, 0) is 17.2 Å². The molecular formula is C19H13NO4. The number of ether oxygens (including phenoxy) is 1. The fourth-order valence-corrected chi connectivity index (χ4v) is 3.13. The SMILES string of the molecule is O=C(O)Oc1cc(-c2ccccc2)c(=O)n2c1-c1ccccc1C2. The predicted octanol–water partition coefficient (Wildman–Crippen LogP) is 3.60. The topological polar surface area (TPSA) is 68.5 Å². The molecule has 24 heavy (non-hydrogen) atoms. The quantitative estimate of drug-likeness (QED) is 0.573. The second kappa shape index (κ2) is 5.38. The summed E-state index contributed by atoms with van der Waals surface area (Å²) in [4.78, 5) is 24.0. The summed E-state index contributed by atoms with van der Waals surface area (Å²) in [7, 11) is 0. The van der Waals surface area contributed by atoms with Gasteiger partial charge in [-0.15, -0.1) is 0 Å². The first-order valence-electron chi connectivity index (χ1n) is 7.47. The monoisotopic (exact) mass is 319 g/mol. The van der Waals surface area contributed by atoms with Crippen molar-refractivity contribution < 1.29 is 14.6 Å². The zero-order valence-electron chi connectivity index (χ0n) is 12.6. The summed E-state index contributed by atoms with van der Waals surface area (Å²) < 4.78 is 6.56. The standard InChI is InChI=1S/C19H13NO4/c21-18-15(12-6-2-1-3-7-12)10-16(24-19(22)23)17-14-9-5-4-8-13(14)11-20(17)18/h1-10H,11H2,(H,22,23). The van der Waals surface area contributed by atoms with Gasteiger partial charge in [-0.25, -0.2) is 4.79 Å². The summed E-state index contributed by atoms with van der Waals surface area (Å²) in [5.74, 6) is 0.172. The Bertz CT molecular complexity index is 1010. The van der Waals surface area contributed by atoms with Gasteiger partial charge in [0.2, 0.25) is 0 Å². The van der Waals surface area contributed by atoms with Crippen molar-refractivity contribution >= 4 is 6.16 Å². The fraction of sp³-hybridized carbons (Fsp3) is 0.0526. The van der Waals surface area contributed by atoms with Crippen LogP contribution in [0.1, 0.15) is 5.56 Å². The van der Waals surface area contributed by atoms with E-state index in [0.717, 1.165) is 16.7 Å². The van der Waals surface area contributed by atoms with E-state index in [1.807, 2.05) is 54.6 Å². The van der Waals surface area contributed by atoms with Gasteiger partial charge in [0.1, 0.15) is 0 Å². The van der Waals surface area contributed by atoms with Gasteiger partial charge < -0.3 is 9.84 Å². The van der Waals surface area contributed by atoms with Gasteiger partial charge in [0, 0.05) is 5.56 Å². The van der Waals surface area contributed by atoms with E-state index in [1.165, 1.54) is 6.07 Å². The molecule has 1 aromatic heterocycles. The summed E-state index contributed by atoms with van der Waals surface area (Å²) in [6.07, 6.45) is -1.40. The van der Waals surface area contributed by atoms with Crippen LogP contribution in [0.2, 0.25) is 0 Å². The van der Waals surface area contributed by atoms with E-state index in [2.05, 4.69) is 0 Å². The number of hydrogen-bond acceptors (Lipinski definition) is 3. The highest BCUT2D eigenvalue weighted by Gasteiger charge is 2.26. The van der Waals surface area contributed by atoms with Crippen LogP contribution < -0.4 is 10.3 Å². The lowest BCUT2D eigenvalue weighted by atomic mass is 10.0. The Labute approximate surface area is 137 Å². The Morgan fingerprint density at radius 2 is 1.71 bits per heavy atom. The molecule has 0 saturated carbocycles. The first kappa shape index (κ1) is 14.3. The van der Waals surface area contributed by atoms with Gasteiger partial charge >= 0.3 is 6.16 Å². The van der Waals surface area contributed by atoms with E-state index in [-0.39, 0.29) is 11.3 Å². The molecule has 0 aliphatic carbocycles. The van der Waals surface area contributed by atoms with Crippen LogP contribution >= 0.6 is 0 Å². The number of hydrogen-bond donors (Lipinski definition) is 1. The van der Waals surface area contributed by atoms with Crippen LogP contribution in [-0.2, 0) is 6.54 Å². The first-order chi connectivity index (χ1) is 11.6. The van der Waals surface area contributed by atoms with Crippen LogP contribution in [0.5, 0.6) is 5.75 Å². The highest BCUT2D eigenvalue weighted by molar-refractivity contribution is 5.79. The zero-order chi connectivity index (χ0) is 16.7. The Morgan fingerprint density at radius 1 is 1.00 bits per heavy atom. The number of rotatable bonds is 2. The van der Waals surface area contributed by atoms with Crippen molar-refractivity contribution in [2.24, 2.45) is 0 Å². The van der Waals surface area contributed by atoms with E-state index < -0.39 is 6.16 Å². The minimum Gasteiger partial charge on any atom is -0.449 e. The Balaban J connectivity index is 2.01. The third kappa shape index (κ3) is 2.18. The zero-order valence-corrected chi connectivity index (χ0v) is 12.6. The van der Waals surface area contributed by atoms with E-state index in [9.17, 15) is 9.59 Å². The van der Waals surface area contributed by atoms with Gasteiger partial charge in [0.15, 0.2) is 5.75 Å². The molecule has 0 atom stereocenters. The first-order valence-corrected chi connectivity index (χ1v) is 7.47. The summed E-state index contributed by atoms with van der Waals surface area (Å²) in [6, 6.07) is 18.2. The lowest BCUT2D eigenvalue weighted by molar-refractivity contribution is 0.144. The molecule has 0 amide bonds. The highest BCUT2D eigenvalue weighted by Crippen LogP contribution is 2.38. The molecule has 118 valence electrons. The van der Waals surface area contributed by atoms with Gasteiger partial charge in [-0.1, -0.05) is 54.6 Å². The predicted molar refractivity (Wildman–Crippen MR) is 89.3 cm³/mol. The maximum absolute atomic E-state index is 12.9. The largest absolute Gasteiger partial charge is 0.511 e. The van der Waals surface area contributed by atoms with E-state index in [4.69, 9.17) is 9.84 Å². The lowest BCUT2D eigenvalue weighted by Gasteiger charge is -2.12. The number of benzene rings is 2. The number of carboxylic acid groups (broad SMARTS) is 1. The van der Waals surface area contributed by atoms with E-state index in [0.29, 0.717) is 17.8 Å². The van der Waals surface area contributed by atoms with Gasteiger partial charge in [-0.3, -0.25) is 9.36 Å². The van der Waals surface area contributed by atoms with Crippen LogP contribution in [0.3, 0.4) is 0 Å². The molecule has 0 radical (unpaired) electrons. The third-order valence-electron chi connectivity index (χ3n) is 4.14. The molecule has 0 unspecified atom stereocenters. The Morgan fingerprint density at radius 3 is 2.46 bits per heavy atom. The molecule has 4 rings (SSSR count). The summed E-state index contributed by atoms with van der Waals surface area (Å²) in [6.45, 7) is 0.404. The maximum atomic E-state index is 12.9. The lowest BCUT2D eigenvalue weighted by Crippen LogP contribution is -2.22. The second-order valence-corrected chi connectivity index (χ2v) is 5.55. The number of aromatic nitrogens is 1. The summed E-state index contributed by atoms with van der Waals surface area (Å²) >= 11 is 0. The Hall–Kier alpha value is -3.34. The molecule has 0 spiro atoms. The van der Waals surface area contributed by atoms with E-state index >= 15 is 0 Å². The molecule has 5 nitrogen and oxygen atoms in total. The average Bonchev–Trinajstić information content (AvgIpc) is 2.98. The van der Waals surface area contributed by atoms with E-state index in [1.54, 1.807) is 4.57 Å². The molecule has 0 bridgehead atoms. The van der Waals surface area contributed by atoms with Crippen molar-refractivity contribution in [1.29, 1.82) is 0 Å². The minimum atomic E-state index is -1.40. The van der Waals surface area contributed by atoms with Crippen LogP contribution in [0.25, 0.3) is 22.4 Å². The molecule has 2 aromatic carbocycles. The highest BCUT2D eigenvalue weighted by atomic mass is 16.7. The molecule has 1 N–H and O–H groups in total. The molecule has 0 saturated heterocycles. The normalized spacial score (nSPS) is 11.7. The number of pyridine rings is 1. The summed E-state index contributed by atoms with van der Waals surface area (Å²) in [5.41, 5.74) is 3.29.